The Hall–Kier alpha value is -0.770. The van der Waals surface area contributed by atoms with Gasteiger partial charge in [0.25, 0.3) is 0 Å². The third-order valence-electron chi connectivity index (χ3n) is 4.06. The Balaban J connectivity index is 1.59. The predicted octanol–water partition coefficient (Wildman–Crippen LogP) is 1.57. The van der Waals surface area contributed by atoms with E-state index in [2.05, 4.69) is 22.5 Å². The molecule has 1 atom stereocenters. The van der Waals surface area contributed by atoms with Gasteiger partial charge in [-0.3, -0.25) is 0 Å². The third kappa shape index (κ3) is 3.87. The van der Waals surface area contributed by atoms with Crippen molar-refractivity contribution in [1.82, 2.24) is 15.5 Å². The fourth-order valence-electron chi connectivity index (χ4n) is 2.91. The van der Waals surface area contributed by atoms with Crippen LogP contribution in [-0.4, -0.2) is 43.2 Å². The monoisotopic (exact) mass is 239 g/mol. The SMILES string of the molecule is CCN1CCC(CNC(=O)NC2CCCC2)C1. The van der Waals surface area contributed by atoms with E-state index in [1.54, 1.807) is 0 Å². The van der Waals surface area contributed by atoms with E-state index >= 15 is 0 Å². The summed E-state index contributed by atoms with van der Waals surface area (Å²) in [5.41, 5.74) is 0. The van der Waals surface area contributed by atoms with Gasteiger partial charge in [-0.05, 0) is 38.3 Å². The van der Waals surface area contributed by atoms with E-state index in [4.69, 9.17) is 0 Å². The minimum absolute atomic E-state index is 0.0341. The molecule has 4 heteroatoms. The van der Waals surface area contributed by atoms with Gasteiger partial charge in [0, 0.05) is 19.1 Å². The molecule has 0 aromatic carbocycles. The summed E-state index contributed by atoms with van der Waals surface area (Å²) < 4.78 is 0. The van der Waals surface area contributed by atoms with Crippen molar-refractivity contribution in [1.29, 1.82) is 0 Å². The molecule has 1 unspecified atom stereocenters. The number of likely N-dealkylation sites (tertiary alicyclic amines) is 1. The average Bonchev–Trinajstić information content (AvgIpc) is 2.96. The quantitative estimate of drug-likeness (QED) is 0.782. The number of amides is 2. The van der Waals surface area contributed by atoms with Crippen LogP contribution in [0.1, 0.15) is 39.0 Å². The van der Waals surface area contributed by atoms with Crippen LogP contribution in [0, 0.1) is 5.92 Å². The summed E-state index contributed by atoms with van der Waals surface area (Å²) in [5, 5.41) is 6.08. The Labute approximate surface area is 104 Å². The summed E-state index contributed by atoms with van der Waals surface area (Å²) in [6, 6.07) is 0.456. The van der Waals surface area contributed by atoms with E-state index in [1.165, 1.54) is 25.8 Å². The number of hydrogen-bond donors (Lipinski definition) is 2. The standard InChI is InChI=1S/C13H25N3O/c1-2-16-8-7-11(10-16)9-14-13(17)15-12-5-3-4-6-12/h11-12H,2-10H2,1H3,(H2,14,15,17). The summed E-state index contributed by atoms with van der Waals surface area (Å²) in [6.07, 6.45) is 6.05. The van der Waals surface area contributed by atoms with E-state index < -0.39 is 0 Å². The molecule has 1 heterocycles. The Kier molecular flexibility index (Phi) is 4.66. The zero-order valence-corrected chi connectivity index (χ0v) is 10.9. The largest absolute Gasteiger partial charge is 0.338 e. The van der Waals surface area contributed by atoms with Gasteiger partial charge in [0.05, 0.1) is 0 Å². The fourth-order valence-corrected chi connectivity index (χ4v) is 2.91. The molecule has 2 rings (SSSR count). The van der Waals surface area contributed by atoms with Crippen molar-refractivity contribution in [2.24, 2.45) is 5.92 Å². The first-order valence-electron chi connectivity index (χ1n) is 7.04. The molecule has 1 aliphatic carbocycles. The molecule has 2 amide bonds. The van der Waals surface area contributed by atoms with Crippen LogP contribution in [0.15, 0.2) is 0 Å². The molecule has 2 N–H and O–H groups in total. The molecule has 1 saturated carbocycles. The minimum atomic E-state index is 0.0341. The van der Waals surface area contributed by atoms with E-state index in [9.17, 15) is 4.79 Å². The van der Waals surface area contributed by atoms with Crippen LogP contribution in [0.3, 0.4) is 0 Å². The first-order chi connectivity index (χ1) is 8.28. The Morgan fingerprint density at radius 3 is 2.71 bits per heavy atom. The number of urea groups is 1. The summed E-state index contributed by atoms with van der Waals surface area (Å²) in [7, 11) is 0. The molecule has 1 aliphatic heterocycles. The van der Waals surface area contributed by atoms with E-state index in [0.29, 0.717) is 12.0 Å². The number of nitrogens with one attached hydrogen (secondary N) is 2. The molecule has 0 aromatic rings. The molecule has 2 aliphatic rings. The summed E-state index contributed by atoms with van der Waals surface area (Å²) in [5.74, 6) is 0.643. The zero-order valence-electron chi connectivity index (χ0n) is 10.9. The van der Waals surface area contributed by atoms with Gasteiger partial charge in [0.15, 0.2) is 0 Å². The van der Waals surface area contributed by atoms with Gasteiger partial charge < -0.3 is 15.5 Å². The molecule has 4 nitrogen and oxygen atoms in total. The molecular weight excluding hydrogens is 214 g/mol. The molecule has 0 spiro atoms. The van der Waals surface area contributed by atoms with Crippen LogP contribution in [-0.2, 0) is 0 Å². The van der Waals surface area contributed by atoms with Gasteiger partial charge in [-0.2, -0.15) is 0 Å². The summed E-state index contributed by atoms with van der Waals surface area (Å²) in [4.78, 5) is 14.1. The lowest BCUT2D eigenvalue weighted by atomic mass is 10.1. The average molecular weight is 239 g/mol. The molecule has 2 fully saturated rings. The maximum atomic E-state index is 11.7. The first kappa shape index (κ1) is 12.7. The van der Waals surface area contributed by atoms with Crippen molar-refractivity contribution >= 4 is 6.03 Å². The second kappa shape index (κ2) is 6.24. The van der Waals surface area contributed by atoms with Crippen LogP contribution in [0.2, 0.25) is 0 Å². The second-order valence-corrected chi connectivity index (χ2v) is 5.38. The first-order valence-corrected chi connectivity index (χ1v) is 7.04. The molecule has 0 radical (unpaired) electrons. The molecule has 0 bridgehead atoms. The van der Waals surface area contributed by atoms with E-state index in [0.717, 1.165) is 32.5 Å². The predicted molar refractivity (Wildman–Crippen MR) is 69.0 cm³/mol. The Morgan fingerprint density at radius 1 is 1.29 bits per heavy atom. The smallest absolute Gasteiger partial charge is 0.315 e. The highest BCUT2D eigenvalue weighted by Gasteiger charge is 2.22. The third-order valence-corrected chi connectivity index (χ3v) is 4.06. The summed E-state index contributed by atoms with van der Waals surface area (Å²) >= 11 is 0. The van der Waals surface area contributed by atoms with Crippen LogP contribution in [0.5, 0.6) is 0 Å². The lowest BCUT2D eigenvalue weighted by Crippen LogP contribution is -2.42. The van der Waals surface area contributed by atoms with Crippen molar-refractivity contribution in [3.05, 3.63) is 0 Å². The lowest BCUT2D eigenvalue weighted by Gasteiger charge is -2.16. The molecule has 0 aromatic heterocycles. The Morgan fingerprint density at radius 2 is 2.06 bits per heavy atom. The van der Waals surface area contributed by atoms with Gasteiger partial charge in [0.1, 0.15) is 0 Å². The fraction of sp³-hybridized carbons (Fsp3) is 0.923. The van der Waals surface area contributed by atoms with Crippen molar-refractivity contribution in [2.75, 3.05) is 26.2 Å². The van der Waals surface area contributed by atoms with Crippen LogP contribution in [0.4, 0.5) is 4.79 Å². The van der Waals surface area contributed by atoms with Crippen LogP contribution in [0.25, 0.3) is 0 Å². The topological polar surface area (TPSA) is 44.4 Å². The maximum Gasteiger partial charge on any atom is 0.315 e. The van der Waals surface area contributed by atoms with Gasteiger partial charge in [-0.15, -0.1) is 0 Å². The van der Waals surface area contributed by atoms with Crippen LogP contribution < -0.4 is 10.6 Å². The Bertz CT molecular complexity index is 251. The van der Waals surface area contributed by atoms with Gasteiger partial charge in [-0.25, -0.2) is 4.79 Å². The normalized spacial score (nSPS) is 26.3. The lowest BCUT2D eigenvalue weighted by molar-refractivity contribution is 0.235. The van der Waals surface area contributed by atoms with Crippen molar-refractivity contribution in [3.8, 4) is 0 Å². The van der Waals surface area contributed by atoms with Gasteiger partial charge >= 0.3 is 6.03 Å². The number of carbonyl (C=O) groups is 1. The summed E-state index contributed by atoms with van der Waals surface area (Å²) in [6.45, 7) is 6.48. The number of hydrogen-bond acceptors (Lipinski definition) is 2. The number of carbonyl (C=O) groups excluding carboxylic acids is 1. The minimum Gasteiger partial charge on any atom is -0.338 e. The number of rotatable bonds is 4. The highest BCUT2D eigenvalue weighted by Crippen LogP contribution is 2.17. The highest BCUT2D eigenvalue weighted by molar-refractivity contribution is 5.74. The van der Waals surface area contributed by atoms with Crippen molar-refractivity contribution in [2.45, 2.75) is 45.1 Å². The maximum absolute atomic E-state index is 11.7. The molecule has 98 valence electrons. The molecule has 17 heavy (non-hydrogen) atoms. The zero-order chi connectivity index (χ0) is 12.1. The molecule has 1 saturated heterocycles. The molecular formula is C13H25N3O. The number of nitrogens with zero attached hydrogens (tertiary/aromatic N) is 1. The van der Waals surface area contributed by atoms with Gasteiger partial charge in [0.2, 0.25) is 0 Å². The van der Waals surface area contributed by atoms with Crippen molar-refractivity contribution < 1.29 is 4.79 Å². The van der Waals surface area contributed by atoms with Gasteiger partial charge in [-0.1, -0.05) is 19.8 Å². The van der Waals surface area contributed by atoms with E-state index in [1.807, 2.05) is 0 Å². The van der Waals surface area contributed by atoms with Crippen LogP contribution >= 0.6 is 0 Å². The van der Waals surface area contributed by atoms with Crippen molar-refractivity contribution in [3.63, 3.8) is 0 Å². The second-order valence-electron chi connectivity index (χ2n) is 5.38. The van der Waals surface area contributed by atoms with E-state index in [-0.39, 0.29) is 6.03 Å². The highest BCUT2D eigenvalue weighted by atomic mass is 16.2.